The van der Waals surface area contributed by atoms with Crippen molar-refractivity contribution in [3.8, 4) is 22.5 Å². The van der Waals surface area contributed by atoms with Crippen molar-refractivity contribution in [1.29, 1.82) is 0 Å². The fourth-order valence-corrected chi connectivity index (χ4v) is 7.42. The van der Waals surface area contributed by atoms with Crippen molar-refractivity contribution in [2.24, 2.45) is 0 Å². The van der Waals surface area contributed by atoms with Crippen molar-refractivity contribution < 1.29 is 4.42 Å². The van der Waals surface area contributed by atoms with E-state index >= 15 is 0 Å². The Bertz CT molecular complexity index is 2710. The quantitative estimate of drug-likeness (QED) is 0.206. The highest BCUT2D eigenvalue weighted by Gasteiger charge is 2.20. The van der Waals surface area contributed by atoms with Gasteiger partial charge in [-0.1, -0.05) is 115 Å². The van der Waals surface area contributed by atoms with Crippen LogP contribution < -0.4 is 0 Å². The van der Waals surface area contributed by atoms with Crippen LogP contribution in [0.3, 0.4) is 0 Å². The fourth-order valence-electron chi connectivity index (χ4n) is 7.42. The normalized spacial score (nSPS) is 12.0. The van der Waals surface area contributed by atoms with Crippen LogP contribution in [0.1, 0.15) is 0 Å². The van der Waals surface area contributed by atoms with E-state index in [9.17, 15) is 0 Å². The van der Waals surface area contributed by atoms with E-state index < -0.39 is 0 Å². The second-order valence-corrected chi connectivity index (χ2v) is 11.7. The highest BCUT2D eigenvalue weighted by Crippen LogP contribution is 2.42. The van der Waals surface area contributed by atoms with E-state index in [0.717, 1.165) is 50.0 Å². The van der Waals surface area contributed by atoms with Crippen molar-refractivity contribution in [3.05, 3.63) is 158 Å². The zero-order chi connectivity index (χ0) is 29.5. The summed E-state index contributed by atoms with van der Waals surface area (Å²) >= 11 is 0. The molecule has 210 valence electrons. The summed E-state index contributed by atoms with van der Waals surface area (Å²) in [5.41, 5.74) is 11.1. The highest BCUT2D eigenvalue weighted by atomic mass is 16.3. The van der Waals surface area contributed by atoms with Gasteiger partial charge in [0.1, 0.15) is 11.2 Å². The molecule has 0 spiro atoms. The molecule has 0 atom stereocenters. The van der Waals surface area contributed by atoms with E-state index in [2.05, 4.69) is 167 Å². The number of nitrogens with zero attached hydrogens (tertiary/aromatic N) is 2. The lowest BCUT2D eigenvalue weighted by Crippen LogP contribution is -1.97. The first-order valence-electron chi connectivity index (χ1n) is 15.4. The summed E-state index contributed by atoms with van der Waals surface area (Å²) in [7, 11) is 0. The molecule has 10 rings (SSSR count). The lowest BCUT2D eigenvalue weighted by molar-refractivity contribution is 0.670. The van der Waals surface area contributed by atoms with E-state index in [1.165, 1.54) is 38.1 Å². The zero-order valence-electron chi connectivity index (χ0n) is 24.3. The number of hydrogen-bond acceptors (Lipinski definition) is 1. The molecule has 3 heterocycles. The van der Waals surface area contributed by atoms with Gasteiger partial charge in [0, 0.05) is 38.2 Å². The molecule has 0 aliphatic carbocycles. The van der Waals surface area contributed by atoms with Crippen LogP contribution in [-0.4, -0.2) is 9.13 Å². The Morgan fingerprint density at radius 2 is 0.978 bits per heavy atom. The summed E-state index contributed by atoms with van der Waals surface area (Å²) in [6, 6.07) is 56.4. The Kier molecular flexibility index (Phi) is 5.00. The molecule has 3 nitrogen and oxygen atoms in total. The van der Waals surface area contributed by atoms with Gasteiger partial charge in [0.05, 0.1) is 33.1 Å². The largest absolute Gasteiger partial charge is 0.455 e. The monoisotopic (exact) mass is 574 g/mol. The van der Waals surface area contributed by atoms with Gasteiger partial charge in [0.25, 0.3) is 0 Å². The summed E-state index contributed by atoms with van der Waals surface area (Å²) in [4.78, 5) is 0. The van der Waals surface area contributed by atoms with Crippen LogP contribution in [0.4, 0.5) is 0 Å². The summed E-state index contributed by atoms with van der Waals surface area (Å²) in [6.45, 7) is 0. The van der Waals surface area contributed by atoms with Crippen LogP contribution in [0.5, 0.6) is 0 Å². The van der Waals surface area contributed by atoms with Crippen molar-refractivity contribution in [3.63, 3.8) is 0 Å². The molecule has 3 heteroatoms. The SMILES string of the molecule is c1ccc(-c2cccc3c2oc2cccc(-n4c5ccccc5c5ccc(-n6c7ccccc7c7ccccc76)cc54)c23)cc1. The van der Waals surface area contributed by atoms with Gasteiger partial charge in [-0.05, 0) is 48.0 Å². The van der Waals surface area contributed by atoms with E-state index in [4.69, 9.17) is 4.42 Å². The van der Waals surface area contributed by atoms with Crippen molar-refractivity contribution in [2.45, 2.75) is 0 Å². The van der Waals surface area contributed by atoms with E-state index in [1.54, 1.807) is 0 Å². The second-order valence-electron chi connectivity index (χ2n) is 11.7. The Labute approximate surface area is 258 Å². The first kappa shape index (κ1) is 24.4. The first-order valence-corrected chi connectivity index (χ1v) is 15.4. The van der Waals surface area contributed by atoms with Gasteiger partial charge >= 0.3 is 0 Å². The van der Waals surface area contributed by atoms with E-state index in [-0.39, 0.29) is 0 Å². The average molecular weight is 575 g/mol. The molecule has 0 aliphatic heterocycles. The number of aromatic nitrogens is 2. The highest BCUT2D eigenvalue weighted by molar-refractivity contribution is 6.16. The van der Waals surface area contributed by atoms with E-state index in [0.29, 0.717) is 0 Å². The predicted octanol–water partition coefficient (Wildman–Crippen LogP) is 11.4. The molecule has 0 aliphatic rings. The number of para-hydroxylation sites is 4. The van der Waals surface area contributed by atoms with Gasteiger partial charge < -0.3 is 13.6 Å². The van der Waals surface area contributed by atoms with Crippen LogP contribution >= 0.6 is 0 Å². The van der Waals surface area contributed by atoms with E-state index in [1.807, 2.05) is 0 Å². The summed E-state index contributed by atoms with van der Waals surface area (Å²) in [5.74, 6) is 0. The maximum Gasteiger partial charge on any atom is 0.143 e. The summed E-state index contributed by atoms with van der Waals surface area (Å²) < 4.78 is 11.5. The Morgan fingerprint density at radius 3 is 1.69 bits per heavy atom. The minimum atomic E-state index is 0.885. The number of furan rings is 1. The Morgan fingerprint density at radius 1 is 0.400 bits per heavy atom. The molecule has 0 unspecified atom stereocenters. The molecule has 45 heavy (non-hydrogen) atoms. The third-order valence-corrected chi connectivity index (χ3v) is 9.32. The van der Waals surface area contributed by atoms with Gasteiger partial charge in [-0.3, -0.25) is 0 Å². The Balaban J connectivity index is 1.31. The third kappa shape index (κ3) is 3.41. The number of hydrogen-bond donors (Lipinski definition) is 0. The maximum atomic E-state index is 6.66. The zero-order valence-corrected chi connectivity index (χ0v) is 24.3. The molecular formula is C42H26N2O. The molecule has 3 aromatic heterocycles. The van der Waals surface area contributed by atoms with Gasteiger partial charge in [-0.15, -0.1) is 0 Å². The lowest BCUT2D eigenvalue weighted by atomic mass is 10.0. The molecular weight excluding hydrogens is 548 g/mol. The van der Waals surface area contributed by atoms with Gasteiger partial charge in [-0.25, -0.2) is 0 Å². The van der Waals surface area contributed by atoms with Gasteiger partial charge in [0.2, 0.25) is 0 Å². The molecule has 0 amide bonds. The molecule has 0 N–H and O–H groups in total. The summed E-state index contributed by atoms with van der Waals surface area (Å²) in [6.07, 6.45) is 0. The smallest absolute Gasteiger partial charge is 0.143 e. The third-order valence-electron chi connectivity index (χ3n) is 9.32. The van der Waals surface area contributed by atoms with Crippen LogP contribution in [0.2, 0.25) is 0 Å². The number of fused-ring (bicyclic) bond motifs is 9. The van der Waals surface area contributed by atoms with Gasteiger partial charge in [-0.2, -0.15) is 0 Å². The molecule has 0 fully saturated rings. The van der Waals surface area contributed by atoms with Crippen LogP contribution in [0.25, 0.3) is 88.1 Å². The Hall–Kier alpha value is -6.06. The van der Waals surface area contributed by atoms with Crippen molar-refractivity contribution in [2.75, 3.05) is 0 Å². The molecule has 0 radical (unpaired) electrons. The van der Waals surface area contributed by atoms with Crippen molar-refractivity contribution >= 4 is 65.6 Å². The van der Waals surface area contributed by atoms with Crippen LogP contribution in [0, 0.1) is 0 Å². The van der Waals surface area contributed by atoms with Crippen molar-refractivity contribution in [1.82, 2.24) is 9.13 Å². The minimum absolute atomic E-state index is 0.885. The first-order chi connectivity index (χ1) is 22.3. The predicted molar refractivity (Wildman–Crippen MR) is 188 cm³/mol. The molecule has 7 aromatic carbocycles. The second kappa shape index (κ2) is 9.22. The summed E-state index contributed by atoms with van der Waals surface area (Å²) in [5, 5.41) is 7.22. The standard InChI is InChI=1S/C42H26N2O/c1-2-12-27(13-3-1)29-17-10-18-34-41-38(22-11-23-40(41)45-42(29)34)44-37-21-9-6-16-32(37)33-25-24-28(26-39(33)44)43-35-19-7-4-14-30(35)31-15-5-8-20-36(31)43/h1-26H. The minimum Gasteiger partial charge on any atom is -0.455 e. The molecule has 0 saturated carbocycles. The van der Waals surface area contributed by atoms with Crippen LogP contribution in [-0.2, 0) is 0 Å². The maximum absolute atomic E-state index is 6.66. The number of benzene rings is 7. The molecule has 0 saturated heterocycles. The fraction of sp³-hybridized carbons (Fsp3) is 0. The molecule has 10 aromatic rings. The topological polar surface area (TPSA) is 23.0 Å². The van der Waals surface area contributed by atoms with Gasteiger partial charge in [0.15, 0.2) is 0 Å². The molecule has 0 bridgehead atoms. The number of rotatable bonds is 3. The lowest BCUT2D eigenvalue weighted by Gasteiger charge is -2.12. The average Bonchev–Trinajstić information content (AvgIpc) is 3.76. The van der Waals surface area contributed by atoms with Crippen LogP contribution in [0.15, 0.2) is 162 Å².